The molecule has 1 aromatic heterocycles. The van der Waals surface area contributed by atoms with Gasteiger partial charge in [0.15, 0.2) is 0 Å². The normalized spacial score (nSPS) is 12.3. The maximum Gasteiger partial charge on any atom is 0.268 e. The minimum atomic E-state index is -0.722. The van der Waals surface area contributed by atoms with E-state index in [-0.39, 0.29) is 5.91 Å². The van der Waals surface area contributed by atoms with Crippen LogP contribution in [-0.2, 0) is 0 Å². The largest absolute Gasteiger partial charge is 0.382 e. The molecule has 0 spiro atoms. The van der Waals surface area contributed by atoms with E-state index in [2.05, 4.69) is 5.10 Å². The molecule has 0 bridgehead atoms. The SMILES string of the molecule is Nc1ccn(C(=O)C(N)c2ccccc2)n1. The van der Waals surface area contributed by atoms with Crippen molar-refractivity contribution in [3.05, 3.63) is 48.2 Å². The summed E-state index contributed by atoms with van der Waals surface area (Å²) in [4.78, 5) is 11.9. The summed E-state index contributed by atoms with van der Waals surface area (Å²) in [6, 6.07) is 9.97. The molecular weight excluding hydrogens is 204 g/mol. The highest BCUT2D eigenvalue weighted by Gasteiger charge is 2.17. The third-order valence-corrected chi connectivity index (χ3v) is 2.26. The average molecular weight is 216 g/mol. The molecule has 0 fully saturated rings. The van der Waals surface area contributed by atoms with Crippen LogP contribution in [0, 0.1) is 0 Å². The first kappa shape index (κ1) is 10.4. The Balaban J connectivity index is 2.23. The highest BCUT2D eigenvalue weighted by Crippen LogP contribution is 2.12. The summed E-state index contributed by atoms with van der Waals surface area (Å²) in [6.07, 6.45) is 1.50. The fourth-order valence-corrected chi connectivity index (χ4v) is 1.41. The number of anilines is 1. The van der Waals surface area contributed by atoms with Gasteiger partial charge in [0.1, 0.15) is 11.9 Å². The molecule has 0 aliphatic heterocycles. The molecular formula is C11H12N4O. The Morgan fingerprint density at radius 2 is 1.94 bits per heavy atom. The van der Waals surface area contributed by atoms with Crippen molar-refractivity contribution in [2.24, 2.45) is 5.73 Å². The molecule has 1 atom stereocenters. The third-order valence-electron chi connectivity index (χ3n) is 2.26. The lowest BCUT2D eigenvalue weighted by molar-refractivity contribution is 0.0863. The van der Waals surface area contributed by atoms with Crippen molar-refractivity contribution in [2.75, 3.05) is 5.73 Å². The van der Waals surface area contributed by atoms with E-state index in [0.717, 1.165) is 10.2 Å². The summed E-state index contributed by atoms with van der Waals surface area (Å²) < 4.78 is 1.16. The Kier molecular flexibility index (Phi) is 2.70. The molecule has 0 amide bonds. The van der Waals surface area contributed by atoms with E-state index in [9.17, 15) is 4.79 Å². The summed E-state index contributed by atoms with van der Waals surface area (Å²) in [6.45, 7) is 0. The van der Waals surface area contributed by atoms with Crippen molar-refractivity contribution >= 4 is 11.7 Å². The van der Waals surface area contributed by atoms with Gasteiger partial charge in [-0.2, -0.15) is 0 Å². The molecule has 0 radical (unpaired) electrons. The molecule has 16 heavy (non-hydrogen) atoms. The van der Waals surface area contributed by atoms with Gasteiger partial charge in [0.05, 0.1) is 0 Å². The lowest BCUT2D eigenvalue weighted by atomic mass is 10.1. The summed E-state index contributed by atoms with van der Waals surface area (Å²) in [7, 11) is 0. The number of hydrogen-bond acceptors (Lipinski definition) is 4. The van der Waals surface area contributed by atoms with E-state index < -0.39 is 6.04 Å². The van der Waals surface area contributed by atoms with Gasteiger partial charge in [-0.3, -0.25) is 4.79 Å². The highest BCUT2D eigenvalue weighted by atomic mass is 16.2. The van der Waals surface area contributed by atoms with Gasteiger partial charge in [0.2, 0.25) is 0 Å². The molecule has 4 N–H and O–H groups in total. The Morgan fingerprint density at radius 1 is 1.25 bits per heavy atom. The molecule has 2 aromatic rings. The molecule has 5 heteroatoms. The maximum atomic E-state index is 11.9. The van der Waals surface area contributed by atoms with Gasteiger partial charge < -0.3 is 11.5 Å². The zero-order valence-electron chi connectivity index (χ0n) is 8.58. The first-order valence-electron chi connectivity index (χ1n) is 4.84. The van der Waals surface area contributed by atoms with Crippen LogP contribution in [-0.4, -0.2) is 15.7 Å². The Labute approximate surface area is 92.7 Å². The monoisotopic (exact) mass is 216 g/mol. The van der Waals surface area contributed by atoms with Gasteiger partial charge in [-0.1, -0.05) is 30.3 Å². The van der Waals surface area contributed by atoms with Gasteiger partial charge in [0, 0.05) is 12.3 Å². The predicted octanol–water partition coefficient (Wildman–Crippen LogP) is 0.805. The Hall–Kier alpha value is -2.14. The Morgan fingerprint density at radius 3 is 2.50 bits per heavy atom. The van der Waals surface area contributed by atoms with Crippen LogP contribution in [0.4, 0.5) is 5.82 Å². The third kappa shape index (κ3) is 1.94. The smallest absolute Gasteiger partial charge is 0.268 e. The van der Waals surface area contributed by atoms with Crippen molar-refractivity contribution in [2.45, 2.75) is 6.04 Å². The van der Waals surface area contributed by atoms with Crippen LogP contribution in [0.2, 0.25) is 0 Å². The number of aromatic nitrogens is 2. The van der Waals surface area contributed by atoms with Gasteiger partial charge in [-0.25, -0.2) is 4.68 Å². The van der Waals surface area contributed by atoms with Crippen LogP contribution in [0.3, 0.4) is 0 Å². The average Bonchev–Trinajstić information content (AvgIpc) is 2.75. The van der Waals surface area contributed by atoms with E-state index in [4.69, 9.17) is 11.5 Å². The molecule has 0 aliphatic carbocycles. The highest BCUT2D eigenvalue weighted by molar-refractivity contribution is 5.84. The van der Waals surface area contributed by atoms with E-state index in [1.165, 1.54) is 6.20 Å². The van der Waals surface area contributed by atoms with Crippen LogP contribution >= 0.6 is 0 Å². The van der Waals surface area contributed by atoms with Crippen molar-refractivity contribution in [3.63, 3.8) is 0 Å². The second-order valence-corrected chi connectivity index (χ2v) is 3.41. The van der Waals surface area contributed by atoms with Crippen molar-refractivity contribution in [1.82, 2.24) is 9.78 Å². The van der Waals surface area contributed by atoms with Gasteiger partial charge in [-0.15, -0.1) is 5.10 Å². The van der Waals surface area contributed by atoms with E-state index in [1.807, 2.05) is 18.2 Å². The molecule has 5 nitrogen and oxygen atoms in total. The predicted molar refractivity (Wildman–Crippen MR) is 60.6 cm³/mol. The number of rotatable bonds is 2. The minimum absolute atomic E-state index is 0.300. The van der Waals surface area contributed by atoms with Crippen molar-refractivity contribution < 1.29 is 4.79 Å². The fourth-order valence-electron chi connectivity index (χ4n) is 1.41. The molecule has 0 aliphatic rings. The zero-order valence-corrected chi connectivity index (χ0v) is 8.58. The number of carbonyl (C=O) groups excluding carboxylic acids is 1. The van der Waals surface area contributed by atoms with Gasteiger partial charge >= 0.3 is 0 Å². The maximum absolute atomic E-state index is 11.9. The molecule has 1 unspecified atom stereocenters. The minimum Gasteiger partial charge on any atom is -0.382 e. The van der Waals surface area contributed by atoms with Crippen LogP contribution in [0.5, 0.6) is 0 Å². The molecule has 2 rings (SSSR count). The standard InChI is InChI=1S/C11H12N4O/c12-9-6-7-15(14-9)11(16)10(13)8-4-2-1-3-5-8/h1-7,10H,13H2,(H2,12,14). The number of nitrogen functional groups attached to an aromatic ring is 1. The topological polar surface area (TPSA) is 86.9 Å². The summed E-state index contributed by atoms with van der Waals surface area (Å²) in [5.41, 5.74) is 12.0. The molecule has 1 aromatic carbocycles. The summed E-state index contributed by atoms with van der Waals surface area (Å²) >= 11 is 0. The van der Waals surface area contributed by atoms with Gasteiger partial charge in [0.25, 0.3) is 5.91 Å². The van der Waals surface area contributed by atoms with Crippen molar-refractivity contribution in [3.8, 4) is 0 Å². The Bertz CT molecular complexity index is 492. The number of nitrogens with zero attached hydrogens (tertiary/aromatic N) is 2. The quantitative estimate of drug-likeness (QED) is 0.777. The van der Waals surface area contributed by atoms with Gasteiger partial charge in [-0.05, 0) is 5.56 Å². The second-order valence-electron chi connectivity index (χ2n) is 3.41. The first-order chi connectivity index (χ1) is 7.68. The number of nitrogens with two attached hydrogens (primary N) is 2. The van der Waals surface area contributed by atoms with Crippen LogP contribution in [0.1, 0.15) is 16.4 Å². The van der Waals surface area contributed by atoms with Crippen molar-refractivity contribution in [1.29, 1.82) is 0 Å². The zero-order chi connectivity index (χ0) is 11.5. The van der Waals surface area contributed by atoms with E-state index >= 15 is 0 Å². The lowest BCUT2D eigenvalue weighted by Gasteiger charge is -2.09. The fraction of sp³-hybridized carbons (Fsp3) is 0.0909. The number of carbonyl (C=O) groups is 1. The first-order valence-corrected chi connectivity index (χ1v) is 4.84. The molecule has 0 saturated heterocycles. The lowest BCUT2D eigenvalue weighted by Crippen LogP contribution is -2.27. The van der Waals surface area contributed by atoms with E-state index in [1.54, 1.807) is 18.2 Å². The number of hydrogen-bond donors (Lipinski definition) is 2. The number of benzene rings is 1. The molecule has 0 saturated carbocycles. The van der Waals surface area contributed by atoms with Crippen LogP contribution < -0.4 is 11.5 Å². The van der Waals surface area contributed by atoms with Crippen LogP contribution in [0.25, 0.3) is 0 Å². The summed E-state index contributed by atoms with van der Waals surface area (Å²) in [5, 5.41) is 3.82. The van der Waals surface area contributed by atoms with Crippen LogP contribution in [0.15, 0.2) is 42.6 Å². The summed E-state index contributed by atoms with van der Waals surface area (Å²) in [5.74, 6) is -0.00323. The molecule has 82 valence electrons. The molecule has 1 heterocycles. The second kappa shape index (κ2) is 4.16. The van der Waals surface area contributed by atoms with E-state index in [0.29, 0.717) is 5.82 Å².